The lowest BCUT2D eigenvalue weighted by atomic mass is 10.1. The second-order valence-corrected chi connectivity index (χ2v) is 6.76. The smallest absolute Gasteiger partial charge is 0.322 e. The first-order valence-corrected chi connectivity index (χ1v) is 9.00. The highest BCUT2D eigenvalue weighted by Crippen LogP contribution is 2.40. The van der Waals surface area contributed by atoms with E-state index in [1.54, 1.807) is 0 Å². The van der Waals surface area contributed by atoms with Gasteiger partial charge in [-0.25, -0.2) is 13.2 Å². The van der Waals surface area contributed by atoms with Gasteiger partial charge < -0.3 is 5.32 Å². The molecule has 3 nitrogen and oxygen atoms in total. The molecule has 0 aliphatic heterocycles. The van der Waals surface area contributed by atoms with Crippen molar-refractivity contribution >= 4 is 17.1 Å². The molecule has 4 aromatic rings. The van der Waals surface area contributed by atoms with Crippen LogP contribution in [0, 0.1) is 23.4 Å². The summed E-state index contributed by atoms with van der Waals surface area (Å²) in [6, 6.07) is 10.2. The third kappa shape index (κ3) is 3.68. The molecule has 0 bridgehead atoms. The van der Waals surface area contributed by atoms with Crippen LogP contribution < -0.4 is 5.32 Å². The Morgan fingerprint density at radius 1 is 0.844 bits per heavy atom. The summed E-state index contributed by atoms with van der Waals surface area (Å²) in [7, 11) is 0. The van der Waals surface area contributed by atoms with Gasteiger partial charge in [-0.3, -0.25) is 9.20 Å². The van der Waals surface area contributed by atoms with E-state index in [-0.39, 0.29) is 16.8 Å². The number of hydrogen-bond acceptors (Lipinski definition) is 1. The van der Waals surface area contributed by atoms with Crippen LogP contribution in [0.2, 0.25) is 0 Å². The molecule has 0 saturated carbocycles. The zero-order valence-corrected chi connectivity index (χ0v) is 15.8. The molecular weight excluding hydrogens is 441 g/mol. The van der Waals surface area contributed by atoms with E-state index in [4.69, 9.17) is 0 Å². The molecule has 0 aliphatic carbocycles. The van der Waals surface area contributed by atoms with E-state index < -0.39 is 52.3 Å². The molecule has 1 N–H and O–H groups in total. The second-order valence-electron chi connectivity index (χ2n) is 6.76. The number of fused-ring (bicyclic) bond motifs is 1. The second kappa shape index (κ2) is 7.70. The van der Waals surface area contributed by atoms with Crippen LogP contribution in [0.5, 0.6) is 0 Å². The fraction of sp³-hybridized carbons (Fsp3) is 0.0455. The van der Waals surface area contributed by atoms with Crippen LogP contribution in [0.3, 0.4) is 0 Å². The van der Waals surface area contributed by atoms with E-state index in [0.717, 1.165) is 16.5 Å². The molecule has 0 unspecified atom stereocenters. The Bertz CT molecular complexity index is 1340. The lowest BCUT2D eigenvalue weighted by molar-refractivity contribution is -0.137. The van der Waals surface area contributed by atoms with Crippen LogP contribution in [0.15, 0.2) is 60.7 Å². The van der Waals surface area contributed by atoms with Gasteiger partial charge in [0, 0.05) is 11.2 Å². The van der Waals surface area contributed by atoms with E-state index in [1.165, 1.54) is 36.4 Å². The number of nitrogens with one attached hydrogen (secondary N) is 1. The quantitative estimate of drug-likeness (QED) is 0.217. The van der Waals surface area contributed by atoms with Gasteiger partial charge in [-0.05, 0) is 48.0 Å². The largest absolute Gasteiger partial charge is 0.418 e. The monoisotopic (exact) mass is 452 g/mol. The SMILES string of the molecule is O=C(Nc1ccc(-c2c(C(F)(F)F)cc3cccc(F)n23)cc1)c1c(F)ccc(F)c1F. The predicted octanol–water partition coefficient (Wildman–Crippen LogP) is 6.43. The predicted molar refractivity (Wildman–Crippen MR) is 102 cm³/mol. The molecule has 2 heterocycles. The number of benzene rings is 2. The first-order valence-electron chi connectivity index (χ1n) is 9.00. The molecule has 1 amide bonds. The number of anilines is 1. The minimum absolute atomic E-state index is 0.0123. The summed E-state index contributed by atoms with van der Waals surface area (Å²) in [5, 5.41) is 2.14. The Morgan fingerprint density at radius 2 is 1.50 bits per heavy atom. The summed E-state index contributed by atoms with van der Waals surface area (Å²) < 4.78 is 96.7. The van der Waals surface area contributed by atoms with Crippen molar-refractivity contribution in [2.24, 2.45) is 0 Å². The normalized spacial score (nSPS) is 11.7. The number of pyridine rings is 1. The number of nitrogens with zero attached hydrogens (tertiary/aromatic N) is 1. The Morgan fingerprint density at radius 3 is 2.16 bits per heavy atom. The van der Waals surface area contributed by atoms with Crippen LogP contribution >= 0.6 is 0 Å². The van der Waals surface area contributed by atoms with E-state index in [9.17, 15) is 35.5 Å². The maximum atomic E-state index is 14.3. The van der Waals surface area contributed by atoms with Crippen molar-refractivity contribution in [1.82, 2.24) is 4.40 Å². The average molecular weight is 452 g/mol. The zero-order chi connectivity index (χ0) is 23.2. The Labute approximate surface area is 175 Å². The summed E-state index contributed by atoms with van der Waals surface area (Å²) in [5.41, 5.74) is -2.73. The van der Waals surface area contributed by atoms with Gasteiger partial charge >= 0.3 is 6.18 Å². The van der Waals surface area contributed by atoms with Gasteiger partial charge in [-0.1, -0.05) is 18.2 Å². The zero-order valence-electron chi connectivity index (χ0n) is 15.8. The number of hydrogen-bond donors (Lipinski definition) is 1. The third-order valence-corrected chi connectivity index (χ3v) is 4.74. The number of aromatic nitrogens is 1. The van der Waals surface area contributed by atoms with E-state index >= 15 is 0 Å². The van der Waals surface area contributed by atoms with Crippen LogP contribution in [0.4, 0.5) is 36.4 Å². The molecule has 0 atom stereocenters. The van der Waals surface area contributed by atoms with Gasteiger partial charge in [0.05, 0.1) is 11.3 Å². The first-order chi connectivity index (χ1) is 15.1. The lowest BCUT2D eigenvalue weighted by Crippen LogP contribution is -2.16. The Hall–Kier alpha value is -3.82. The van der Waals surface area contributed by atoms with Gasteiger partial charge in [0.15, 0.2) is 17.6 Å². The van der Waals surface area contributed by atoms with Crippen LogP contribution in [-0.4, -0.2) is 10.3 Å². The summed E-state index contributed by atoms with van der Waals surface area (Å²) in [6.45, 7) is 0. The van der Waals surface area contributed by atoms with E-state index in [2.05, 4.69) is 5.32 Å². The number of carbonyl (C=O) groups is 1. The lowest BCUT2D eigenvalue weighted by Gasteiger charge is -2.12. The standard InChI is InChI=1S/C22H11F7N2O/c23-15-8-9-16(24)19(26)18(15)21(32)30-12-6-4-11(5-7-12)20-14(22(27,28)29)10-13-2-1-3-17(25)31(13)20/h1-10H,(H,30,32). The van der Waals surface area contributed by atoms with Crippen molar-refractivity contribution in [3.8, 4) is 11.3 Å². The fourth-order valence-corrected chi connectivity index (χ4v) is 3.32. The van der Waals surface area contributed by atoms with Gasteiger partial charge in [0.2, 0.25) is 0 Å². The van der Waals surface area contributed by atoms with Gasteiger partial charge in [-0.15, -0.1) is 0 Å². The molecule has 10 heteroatoms. The van der Waals surface area contributed by atoms with Crippen molar-refractivity contribution in [3.63, 3.8) is 0 Å². The highest BCUT2D eigenvalue weighted by atomic mass is 19.4. The molecule has 0 fully saturated rings. The number of alkyl halides is 3. The molecule has 0 aliphatic rings. The van der Waals surface area contributed by atoms with Crippen LogP contribution in [0.1, 0.15) is 15.9 Å². The van der Waals surface area contributed by atoms with E-state index in [0.29, 0.717) is 12.1 Å². The topological polar surface area (TPSA) is 33.5 Å². The summed E-state index contributed by atoms with van der Waals surface area (Å²) in [4.78, 5) is 12.2. The van der Waals surface area contributed by atoms with Crippen molar-refractivity contribution in [3.05, 3.63) is 95.2 Å². The fourth-order valence-electron chi connectivity index (χ4n) is 3.32. The highest BCUT2D eigenvalue weighted by Gasteiger charge is 2.36. The number of halogens is 7. The van der Waals surface area contributed by atoms with Gasteiger partial charge in [0.1, 0.15) is 11.4 Å². The maximum Gasteiger partial charge on any atom is 0.418 e. The average Bonchev–Trinajstić information content (AvgIpc) is 3.13. The summed E-state index contributed by atoms with van der Waals surface area (Å²) >= 11 is 0. The number of rotatable bonds is 3. The molecule has 164 valence electrons. The van der Waals surface area contributed by atoms with Crippen molar-refractivity contribution in [1.29, 1.82) is 0 Å². The highest BCUT2D eigenvalue weighted by molar-refractivity contribution is 6.04. The minimum atomic E-state index is -4.77. The molecule has 0 radical (unpaired) electrons. The summed E-state index contributed by atoms with van der Waals surface area (Å²) in [6.07, 6.45) is -4.77. The molecule has 4 rings (SSSR count). The minimum Gasteiger partial charge on any atom is -0.322 e. The van der Waals surface area contributed by atoms with Crippen molar-refractivity contribution in [2.45, 2.75) is 6.18 Å². The molecule has 0 saturated heterocycles. The summed E-state index contributed by atoms with van der Waals surface area (Å²) in [5.74, 6) is -6.59. The van der Waals surface area contributed by atoms with E-state index in [1.807, 2.05) is 0 Å². The first kappa shape index (κ1) is 21.4. The molecule has 32 heavy (non-hydrogen) atoms. The maximum absolute atomic E-state index is 14.3. The Balaban J connectivity index is 1.72. The molecule has 2 aromatic heterocycles. The van der Waals surface area contributed by atoms with Crippen molar-refractivity contribution in [2.75, 3.05) is 5.32 Å². The van der Waals surface area contributed by atoms with Crippen LogP contribution in [-0.2, 0) is 6.18 Å². The van der Waals surface area contributed by atoms with Gasteiger partial charge in [-0.2, -0.15) is 17.6 Å². The molecule has 0 spiro atoms. The molecular formula is C22H11F7N2O. The van der Waals surface area contributed by atoms with Crippen molar-refractivity contribution < 1.29 is 35.5 Å². The third-order valence-electron chi connectivity index (χ3n) is 4.74. The number of carbonyl (C=O) groups excluding carboxylic acids is 1. The van der Waals surface area contributed by atoms with Gasteiger partial charge in [0.25, 0.3) is 5.91 Å². The Kier molecular flexibility index (Phi) is 5.15. The van der Waals surface area contributed by atoms with Crippen LogP contribution in [0.25, 0.3) is 16.8 Å². The molecule has 2 aromatic carbocycles. The number of amides is 1.